The molecule has 4 heteroatoms. The summed E-state index contributed by atoms with van der Waals surface area (Å²) in [6, 6.07) is 3.15. The first-order valence-corrected chi connectivity index (χ1v) is 5.77. The molecule has 17 heavy (non-hydrogen) atoms. The zero-order valence-corrected chi connectivity index (χ0v) is 10.2. The Kier molecular flexibility index (Phi) is 4.82. The molecule has 94 valence electrons. The first-order valence-electron chi connectivity index (χ1n) is 5.77. The fraction of sp³-hybridized carbons (Fsp3) is 0.462. The number of hydrogen-bond acceptors (Lipinski definition) is 3. The molecule has 0 aromatic heterocycles. The summed E-state index contributed by atoms with van der Waals surface area (Å²) in [7, 11) is 0. The van der Waals surface area contributed by atoms with Crippen molar-refractivity contribution < 1.29 is 19.7 Å². The highest BCUT2D eigenvalue weighted by molar-refractivity contribution is 5.63. The molecule has 4 nitrogen and oxygen atoms in total. The molecule has 0 bridgehead atoms. The molecule has 0 amide bonds. The van der Waals surface area contributed by atoms with E-state index in [1.165, 1.54) is 0 Å². The van der Waals surface area contributed by atoms with Crippen LogP contribution in [0, 0.1) is 6.92 Å². The first kappa shape index (κ1) is 13.4. The predicted octanol–water partition coefficient (Wildman–Crippen LogP) is 3.49. The standard InChI is InChI=1S/C13H18O4/c1-3-4-5-6-10-8-11(14)12(7-9(10)2)17-13(15)16/h7-8,14H,3-6H2,1-2H3,(H,15,16). The van der Waals surface area contributed by atoms with Gasteiger partial charge in [-0.15, -0.1) is 0 Å². The van der Waals surface area contributed by atoms with Crippen molar-refractivity contribution in [1.82, 2.24) is 0 Å². The first-order chi connectivity index (χ1) is 8.04. The van der Waals surface area contributed by atoms with Crippen LogP contribution in [0.15, 0.2) is 12.1 Å². The maximum absolute atomic E-state index is 10.4. The molecule has 0 radical (unpaired) electrons. The summed E-state index contributed by atoms with van der Waals surface area (Å²) < 4.78 is 4.47. The van der Waals surface area contributed by atoms with Crippen molar-refractivity contribution in [3.8, 4) is 11.5 Å². The Hall–Kier alpha value is -1.71. The van der Waals surface area contributed by atoms with E-state index in [4.69, 9.17) is 5.11 Å². The summed E-state index contributed by atoms with van der Waals surface area (Å²) in [6.45, 7) is 4.02. The van der Waals surface area contributed by atoms with Gasteiger partial charge in [0.1, 0.15) is 0 Å². The molecule has 0 fully saturated rings. The van der Waals surface area contributed by atoms with E-state index in [2.05, 4.69) is 11.7 Å². The highest BCUT2D eigenvalue weighted by Crippen LogP contribution is 2.30. The van der Waals surface area contributed by atoms with Crippen LogP contribution in [0.4, 0.5) is 4.79 Å². The van der Waals surface area contributed by atoms with Gasteiger partial charge in [-0.3, -0.25) is 0 Å². The Morgan fingerprint density at radius 1 is 1.35 bits per heavy atom. The molecule has 0 unspecified atom stereocenters. The summed E-state index contributed by atoms with van der Waals surface area (Å²) >= 11 is 0. The topological polar surface area (TPSA) is 66.8 Å². The van der Waals surface area contributed by atoms with Gasteiger partial charge in [-0.1, -0.05) is 19.8 Å². The second-order valence-electron chi connectivity index (χ2n) is 4.07. The van der Waals surface area contributed by atoms with Gasteiger partial charge in [0.15, 0.2) is 11.5 Å². The van der Waals surface area contributed by atoms with Crippen molar-refractivity contribution in [3.63, 3.8) is 0 Å². The second-order valence-corrected chi connectivity index (χ2v) is 4.07. The van der Waals surface area contributed by atoms with E-state index in [-0.39, 0.29) is 11.5 Å². The molecule has 0 aliphatic rings. The molecule has 1 aromatic carbocycles. The maximum atomic E-state index is 10.4. The zero-order chi connectivity index (χ0) is 12.8. The molecular weight excluding hydrogens is 220 g/mol. The smallest absolute Gasteiger partial charge is 0.504 e. The van der Waals surface area contributed by atoms with Crippen LogP contribution in [-0.2, 0) is 6.42 Å². The third-order valence-electron chi connectivity index (χ3n) is 2.66. The van der Waals surface area contributed by atoms with Crippen LogP contribution in [0.5, 0.6) is 11.5 Å². The van der Waals surface area contributed by atoms with Gasteiger partial charge < -0.3 is 14.9 Å². The third kappa shape index (κ3) is 3.98. The summed E-state index contributed by atoms with van der Waals surface area (Å²) in [5, 5.41) is 18.1. The van der Waals surface area contributed by atoms with Gasteiger partial charge in [-0.2, -0.15) is 0 Å². The van der Waals surface area contributed by atoms with Crippen molar-refractivity contribution in [2.24, 2.45) is 0 Å². The third-order valence-corrected chi connectivity index (χ3v) is 2.66. The van der Waals surface area contributed by atoms with E-state index in [1.54, 1.807) is 12.1 Å². The molecule has 0 saturated carbocycles. The zero-order valence-electron chi connectivity index (χ0n) is 10.2. The van der Waals surface area contributed by atoms with E-state index in [0.29, 0.717) is 0 Å². The highest BCUT2D eigenvalue weighted by atomic mass is 16.7. The van der Waals surface area contributed by atoms with Crippen molar-refractivity contribution in [1.29, 1.82) is 0 Å². The number of unbranched alkanes of at least 4 members (excludes halogenated alkanes) is 2. The minimum absolute atomic E-state index is 0.00533. The minimum atomic E-state index is -1.42. The maximum Gasteiger partial charge on any atom is 0.511 e. The van der Waals surface area contributed by atoms with Gasteiger partial charge in [0.05, 0.1) is 0 Å². The van der Waals surface area contributed by atoms with Gasteiger partial charge >= 0.3 is 6.16 Å². The monoisotopic (exact) mass is 238 g/mol. The number of phenolic OH excluding ortho intramolecular Hbond substituents is 1. The van der Waals surface area contributed by atoms with Crippen LogP contribution in [0.1, 0.15) is 37.3 Å². The van der Waals surface area contributed by atoms with Crippen LogP contribution < -0.4 is 4.74 Å². The lowest BCUT2D eigenvalue weighted by Gasteiger charge is -2.09. The van der Waals surface area contributed by atoms with Crippen LogP contribution >= 0.6 is 0 Å². The van der Waals surface area contributed by atoms with Gasteiger partial charge in [0.2, 0.25) is 0 Å². The Labute approximate surface area is 101 Å². The lowest BCUT2D eigenvalue weighted by atomic mass is 10.0. The van der Waals surface area contributed by atoms with Gasteiger partial charge in [0, 0.05) is 0 Å². The number of aryl methyl sites for hydroxylation is 2. The SMILES string of the molecule is CCCCCc1cc(O)c(OC(=O)O)cc1C. The minimum Gasteiger partial charge on any atom is -0.504 e. The van der Waals surface area contributed by atoms with E-state index in [1.807, 2.05) is 6.92 Å². The fourth-order valence-electron chi connectivity index (χ4n) is 1.72. The molecule has 1 aromatic rings. The van der Waals surface area contributed by atoms with E-state index < -0.39 is 6.16 Å². The van der Waals surface area contributed by atoms with Crippen LogP contribution in [0.2, 0.25) is 0 Å². The van der Waals surface area contributed by atoms with Crippen molar-refractivity contribution in [2.75, 3.05) is 0 Å². The predicted molar refractivity (Wildman–Crippen MR) is 64.7 cm³/mol. The number of hydrogen-bond donors (Lipinski definition) is 2. The number of benzene rings is 1. The van der Waals surface area contributed by atoms with Gasteiger partial charge in [-0.25, -0.2) is 4.79 Å². The molecule has 0 aliphatic heterocycles. The number of carbonyl (C=O) groups is 1. The summed E-state index contributed by atoms with van der Waals surface area (Å²) in [5.74, 6) is -0.126. The van der Waals surface area contributed by atoms with Crippen LogP contribution in [0.25, 0.3) is 0 Å². The Morgan fingerprint density at radius 2 is 2.06 bits per heavy atom. The number of phenols is 1. The van der Waals surface area contributed by atoms with E-state index in [0.717, 1.165) is 36.8 Å². The Morgan fingerprint density at radius 3 is 2.65 bits per heavy atom. The number of carboxylic acid groups (broad SMARTS) is 1. The van der Waals surface area contributed by atoms with Crippen molar-refractivity contribution >= 4 is 6.16 Å². The second kappa shape index (κ2) is 6.13. The van der Waals surface area contributed by atoms with Crippen molar-refractivity contribution in [3.05, 3.63) is 23.3 Å². The molecule has 0 spiro atoms. The lowest BCUT2D eigenvalue weighted by Crippen LogP contribution is -2.04. The molecule has 0 heterocycles. The molecule has 1 rings (SSSR count). The Bertz CT molecular complexity index is 399. The molecule has 0 saturated heterocycles. The molecule has 0 atom stereocenters. The van der Waals surface area contributed by atoms with E-state index >= 15 is 0 Å². The van der Waals surface area contributed by atoms with Crippen LogP contribution in [0.3, 0.4) is 0 Å². The molecular formula is C13H18O4. The number of rotatable bonds is 5. The van der Waals surface area contributed by atoms with Crippen molar-refractivity contribution in [2.45, 2.75) is 39.5 Å². The fourth-order valence-corrected chi connectivity index (χ4v) is 1.72. The quantitative estimate of drug-likeness (QED) is 0.468. The average molecular weight is 238 g/mol. The largest absolute Gasteiger partial charge is 0.511 e. The summed E-state index contributed by atoms with van der Waals surface area (Å²) in [5.41, 5.74) is 1.98. The molecule has 0 aliphatic carbocycles. The van der Waals surface area contributed by atoms with Gasteiger partial charge in [0.25, 0.3) is 0 Å². The lowest BCUT2D eigenvalue weighted by molar-refractivity contribution is 0.143. The van der Waals surface area contributed by atoms with E-state index in [9.17, 15) is 9.90 Å². The Balaban J connectivity index is 2.81. The highest BCUT2D eigenvalue weighted by Gasteiger charge is 2.10. The van der Waals surface area contributed by atoms with Gasteiger partial charge in [-0.05, 0) is 43.0 Å². The number of ether oxygens (including phenoxy) is 1. The summed E-state index contributed by atoms with van der Waals surface area (Å²) in [6.07, 6.45) is 2.83. The number of aromatic hydroxyl groups is 1. The average Bonchev–Trinajstić information content (AvgIpc) is 2.24. The normalized spacial score (nSPS) is 10.2. The molecule has 2 N–H and O–H groups in total. The summed E-state index contributed by atoms with van der Waals surface area (Å²) in [4.78, 5) is 10.4. The van der Waals surface area contributed by atoms with Crippen LogP contribution in [-0.4, -0.2) is 16.4 Å².